The molecule has 2 aromatic rings. The second-order valence-electron chi connectivity index (χ2n) is 5.72. The highest BCUT2D eigenvalue weighted by atomic mass is 127. The molecule has 5 nitrogen and oxygen atoms in total. The van der Waals surface area contributed by atoms with E-state index >= 15 is 0 Å². The average Bonchev–Trinajstić information content (AvgIpc) is 2.99. The van der Waals surface area contributed by atoms with Gasteiger partial charge in [0, 0.05) is 39.6 Å². The summed E-state index contributed by atoms with van der Waals surface area (Å²) in [6.45, 7) is 0.648. The van der Waals surface area contributed by atoms with Crippen LogP contribution in [0.15, 0.2) is 47.6 Å². The summed E-state index contributed by atoms with van der Waals surface area (Å²) < 4.78 is 31.6. The molecule has 1 aromatic heterocycles. The topological polar surface area (TPSA) is 41.8 Å². The van der Waals surface area contributed by atoms with Crippen molar-refractivity contribution >= 4 is 29.9 Å². The summed E-state index contributed by atoms with van der Waals surface area (Å²) in [4.78, 5) is 6.31. The maximum atomic E-state index is 12.2. The van der Waals surface area contributed by atoms with Crippen LogP contribution in [0.3, 0.4) is 0 Å². The Hall–Kier alpha value is -1.84. The molecule has 1 N–H and O–H groups in total. The summed E-state index contributed by atoms with van der Waals surface area (Å²) in [6, 6.07) is 11.2. The lowest BCUT2D eigenvalue weighted by Crippen LogP contribution is -2.38. The molecule has 26 heavy (non-hydrogen) atoms. The standard InChI is InChI=1S/C18H24F2N4O.HI/c1-21-18(24(3)12-15-7-5-9-23(15)2)22-11-14-6-4-8-16(10-14)25-13-17(19)20;/h4-10,17H,11-13H2,1-3H3,(H,21,22);1H. The van der Waals surface area contributed by atoms with Gasteiger partial charge in [0.2, 0.25) is 0 Å². The van der Waals surface area contributed by atoms with E-state index in [1.54, 1.807) is 25.2 Å². The molecule has 0 atom stereocenters. The predicted octanol–water partition coefficient (Wildman–Crippen LogP) is 3.49. The van der Waals surface area contributed by atoms with Gasteiger partial charge in [0.05, 0.1) is 6.54 Å². The van der Waals surface area contributed by atoms with Gasteiger partial charge in [0.25, 0.3) is 6.43 Å². The number of aryl methyl sites for hydroxylation is 1. The quantitative estimate of drug-likeness (QED) is 0.377. The van der Waals surface area contributed by atoms with Crippen molar-refractivity contribution in [3.63, 3.8) is 0 Å². The molecule has 0 spiro atoms. The summed E-state index contributed by atoms with van der Waals surface area (Å²) >= 11 is 0. The fourth-order valence-corrected chi connectivity index (χ4v) is 2.45. The summed E-state index contributed by atoms with van der Waals surface area (Å²) in [6.07, 6.45) is -0.476. The second kappa shape index (κ2) is 11.0. The van der Waals surface area contributed by atoms with Crippen molar-refractivity contribution in [1.29, 1.82) is 0 Å². The van der Waals surface area contributed by atoms with E-state index in [2.05, 4.69) is 20.9 Å². The molecule has 144 valence electrons. The number of nitrogens with one attached hydrogen (secondary N) is 1. The van der Waals surface area contributed by atoms with Crippen molar-refractivity contribution in [3.8, 4) is 5.75 Å². The van der Waals surface area contributed by atoms with E-state index in [9.17, 15) is 8.78 Å². The molecule has 0 unspecified atom stereocenters. The molecule has 0 aliphatic heterocycles. The monoisotopic (exact) mass is 478 g/mol. The van der Waals surface area contributed by atoms with Gasteiger partial charge in [-0.3, -0.25) is 4.99 Å². The largest absolute Gasteiger partial charge is 0.488 e. The van der Waals surface area contributed by atoms with Gasteiger partial charge >= 0.3 is 0 Å². The van der Waals surface area contributed by atoms with Crippen molar-refractivity contribution in [1.82, 2.24) is 14.8 Å². The van der Waals surface area contributed by atoms with Gasteiger partial charge in [-0.05, 0) is 29.8 Å². The number of aliphatic imine (C=N–C) groups is 1. The Morgan fingerprint density at radius 2 is 2.08 bits per heavy atom. The summed E-state index contributed by atoms with van der Waals surface area (Å²) in [5.74, 6) is 1.19. The molecular formula is C18H25F2IN4O. The molecule has 0 radical (unpaired) electrons. The van der Waals surface area contributed by atoms with Crippen molar-refractivity contribution < 1.29 is 13.5 Å². The van der Waals surface area contributed by atoms with Crippen LogP contribution in [0.4, 0.5) is 8.78 Å². The zero-order valence-corrected chi connectivity index (χ0v) is 17.5. The third-order valence-corrected chi connectivity index (χ3v) is 3.75. The molecular weight excluding hydrogens is 453 g/mol. The van der Waals surface area contributed by atoms with E-state index < -0.39 is 13.0 Å². The number of hydrogen-bond donors (Lipinski definition) is 1. The molecule has 0 saturated carbocycles. The lowest BCUT2D eigenvalue weighted by molar-refractivity contribution is 0.0818. The molecule has 0 saturated heterocycles. The Balaban J connectivity index is 0.00000338. The number of rotatable bonds is 7. The fourth-order valence-electron chi connectivity index (χ4n) is 2.45. The zero-order chi connectivity index (χ0) is 18.2. The van der Waals surface area contributed by atoms with Crippen LogP contribution in [0, 0.1) is 0 Å². The van der Waals surface area contributed by atoms with Crippen molar-refractivity contribution in [2.75, 3.05) is 20.7 Å². The van der Waals surface area contributed by atoms with Crippen LogP contribution >= 0.6 is 24.0 Å². The summed E-state index contributed by atoms with van der Waals surface area (Å²) in [5, 5.41) is 3.27. The summed E-state index contributed by atoms with van der Waals surface area (Å²) in [7, 11) is 5.70. The highest BCUT2D eigenvalue weighted by Crippen LogP contribution is 2.14. The first-order valence-electron chi connectivity index (χ1n) is 8.01. The van der Waals surface area contributed by atoms with Crippen LogP contribution in [-0.2, 0) is 20.1 Å². The number of guanidine groups is 1. The maximum absolute atomic E-state index is 12.2. The average molecular weight is 478 g/mol. The molecule has 1 heterocycles. The Labute approximate surface area is 170 Å². The number of hydrogen-bond acceptors (Lipinski definition) is 2. The first kappa shape index (κ1) is 22.2. The van der Waals surface area contributed by atoms with Crippen LogP contribution < -0.4 is 10.1 Å². The molecule has 0 amide bonds. The van der Waals surface area contributed by atoms with Gasteiger partial charge in [-0.2, -0.15) is 0 Å². The van der Waals surface area contributed by atoms with Gasteiger partial charge in [-0.1, -0.05) is 12.1 Å². The summed E-state index contributed by atoms with van der Waals surface area (Å²) in [5.41, 5.74) is 2.10. The minimum absolute atomic E-state index is 0. The number of ether oxygens (including phenoxy) is 1. The Bertz CT molecular complexity index is 706. The molecule has 0 fully saturated rings. The Morgan fingerprint density at radius 1 is 1.31 bits per heavy atom. The van der Waals surface area contributed by atoms with Gasteiger partial charge < -0.3 is 19.5 Å². The van der Waals surface area contributed by atoms with Crippen molar-refractivity contribution in [2.45, 2.75) is 19.5 Å². The third-order valence-electron chi connectivity index (χ3n) is 3.75. The molecule has 1 aromatic carbocycles. The number of alkyl halides is 2. The SMILES string of the molecule is CN=C(NCc1cccc(OCC(F)F)c1)N(C)Cc1cccn1C.I. The van der Waals surface area contributed by atoms with E-state index in [4.69, 9.17) is 4.74 Å². The highest BCUT2D eigenvalue weighted by Gasteiger charge is 2.09. The van der Waals surface area contributed by atoms with Crippen molar-refractivity contribution in [3.05, 3.63) is 53.9 Å². The molecule has 2 rings (SSSR count). The minimum Gasteiger partial charge on any atom is -0.488 e. The van der Waals surface area contributed by atoms with E-state index in [1.165, 1.54) is 5.69 Å². The van der Waals surface area contributed by atoms with Gasteiger partial charge in [0.15, 0.2) is 5.96 Å². The van der Waals surface area contributed by atoms with Crippen LogP contribution in [0.5, 0.6) is 5.75 Å². The number of benzene rings is 1. The first-order chi connectivity index (χ1) is 12.0. The number of nitrogens with zero attached hydrogens (tertiary/aromatic N) is 3. The molecule has 8 heteroatoms. The minimum atomic E-state index is -2.48. The Morgan fingerprint density at radius 3 is 2.69 bits per heavy atom. The lowest BCUT2D eigenvalue weighted by atomic mass is 10.2. The zero-order valence-electron chi connectivity index (χ0n) is 15.2. The molecule has 0 bridgehead atoms. The second-order valence-corrected chi connectivity index (χ2v) is 5.72. The van der Waals surface area contributed by atoms with Crippen LogP contribution in [0.25, 0.3) is 0 Å². The van der Waals surface area contributed by atoms with E-state index in [-0.39, 0.29) is 24.0 Å². The fraction of sp³-hybridized carbons (Fsp3) is 0.389. The van der Waals surface area contributed by atoms with Crippen LogP contribution in [-0.4, -0.2) is 42.6 Å². The predicted molar refractivity (Wildman–Crippen MR) is 110 cm³/mol. The van der Waals surface area contributed by atoms with E-state index in [0.29, 0.717) is 12.3 Å². The molecule has 0 aliphatic carbocycles. The lowest BCUT2D eigenvalue weighted by Gasteiger charge is -2.22. The van der Waals surface area contributed by atoms with Gasteiger partial charge in [-0.15, -0.1) is 24.0 Å². The highest BCUT2D eigenvalue weighted by molar-refractivity contribution is 14.0. The molecule has 0 aliphatic rings. The van der Waals surface area contributed by atoms with E-state index in [1.807, 2.05) is 37.3 Å². The van der Waals surface area contributed by atoms with Crippen LogP contribution in [0.2, 0.25) is 0 Å². The third kappa shape index (κ3) is 6.81. The first-order valence-corrected chi connectivity index (χ1v) is 8.01. The number of aromatic nitrogens is 1. The van der Waals surface area contributed by atoms with E-state index in [0.717, 1.165) is 18.1 Å². The number of halogens is 3. The smallest absolute Gasteiger partial charge is 0.272 e. The van der Waals surface area contributed by atoms with Gasteiger partial charge in [-0.25, -0.2) is 8.78 Å². The normalized spacial score (nSPS) is 11.2. The van der Waals surface area contributed by atoms with Crippen LogP contribution in [0.1, 0.15) is 11.3 Å². The van der Waals surface area contributed by atoms with Gasteiger partial charge in [0.1, 0.15) is 12.4 Å². The van der Waals surface area contributed by atoms with Crippen molar-refractivity contribution in [2.24, 2.45) is 12.0 Å². The maximum Gasteiger partial charge on any atom is 0.272 e. The Kier molecular flexibility index (Phi) is 9.39.